The standard InChI is InChI=1S/C25H28N2O4S/c1-29-21-9-7-19(8-10-21)24(27-11-13-30-14-12-27)17-26-25(28)20-4-2-5-22(16-20)31-18-23-6-3-15-32-23/h2-10,15-16,24H,11-14,17-18H2,1H3,(H,26,28). The number of nitrogens with one attached hydrogen (secondary N) is 1. The van der Waals surface area contributed by atoms with E-state index in [-0.39, 0.29) is 11.9 Å². The Morgan fingerprint density at radius 3 is 2.62 bits per heavy atom. The number of amides is 1. The fourth-order valence-electron chi connectivity index (χ4n) is 3.74. The number of morpholine rings is 1. The fourth-order valence-corrected chi connectivity index (χ4v) is 4.36. The Labute approximate surface area is 192 Å². The molecule has 4 rings (SSSR count). The minimum absolute atomic E-state index is 0.0621. The third-order valence-electron chi connectivity index (χ3n) is 5.50. The molecule has 1 unspecified atom stereocenters. The summed E-state index contributed by atoms with van der Waals surface area (Å²) in [4.78, 5) is 16.4. The second kappa shape index (κ2) is 11.1. The van der Waals surface area contributed by atoms with E-state index in [9.17, 15) is 4.79 Å². The maximum atomic E-state index is 12.9. The van der Waals surface area contributed by atoms with Crippen molar-refractivity contribution in [2.24, 2.45) is 0 Å². The van der Waals surface area contributed by atoms with Crippen LogP contribution in [0, 0.1) is 0 Å². The molecule has 0 saturated carbocycles. The van der Waals surface area contributed by atoms with Gasteiger partial charge in [-0.15, -0.1) is 11.3 Å². The predicted molar refractivity (Wildman–Crippen MR) is 126 cm³/mol. The molecule has 1 aromatic heterocycles. The van der Waals surface area contributed by atoms with E-state index in [1.807, 2.05) is 47.8 Å². The normalized spacial score (nSPS) is 15.2. The average Bonchev–Trinajstić information content (AvgIpc) is 3.38. The van der Waals surface area contributed by atoms with Gasteiger partial charge in [-0.25, -0.2) is 0 Å². The number of rotatable bonds is 9. The minimum Gasteiger partial charge on any atom is -0.497 e. The zero-order valence-corrected chi connectivity index (χ0v) is 19.0. The zero-order chi connectivity index (χ0) is 22.2. The van der Waals surface area contributed by atoms with Crippen LogP contribution in [0.4, 0.5) is 0 Å². The summed E-state index contributed by atoms with van der Waals surface area (Å²) in [5.41, 5.74) is 1.73. The number of nitrogens with zero attached hydrogens (tertiary/aromatic N) is 1. The Bertz CT molecular complexity index is 985. The summed E-state index contributed by atoms with van der Waals surface area (Å²) in [5, 5.41) is 5.14. The minimum atomic E-state index is -0.113. The maximum Gasteiger partial charge on any atom is 0.251 e. The molecule has 0 spiro atoms. The van der Waals surface area contributed by atoms with Gasteiger partial charge in [0, 0.05) is 30.1 Å². The Morgan fingerprint density at radius 1 is 1.09 bits per heavy atom. The number of hydrogen-bond donors (Lipinski definition) is 1. The van der Waals surface area contributed by atoms with E-state index < -0.39 is 0 Å². The molecule has 2 heterocycles. The number of carbonyl (C=O) groups is 1. The van der Waals surface area contributed by atoms with Gasteiger partial charge in [0.2, 0.25) is 0 Å². The Kier molecular flexibility index (Phi) is 7.77. The molecule has 0 radical (unpaired) electrons. The molecule has 0 aliphatic carbocycles. The van der Waals surface area contributed by atoms with Crippen LogP contribution in [0.1, 0.15) is 26.8 Å². The quantitative estimate of drug-likeness (QED) is 0.529. The van der Waals surface area contributed by atoms with Gasteiger partial charge in [0.05, 0.1) is 26.4 Å². The highest BCUT2D eigenvalue weighted by atomic mass is 32.1. The molecule has 0 bridgehead atoms. The van der Waals surface area contributed by atoms with Gasteiger partial charge in [-0.1, -0.05) is 24.3 Å². The summed E-state index contributed by atoms with van der Waals surface area (Å²) in [7, 11) is 1.66. The summed E-state index contributed by atoms with van der Waals surface area (Å²) in [6, 6.07) is 19.5. The van der Waals surface area contributed by atoms with Gasteiger partial charge in [0.1, 0.15) is 18.1 Å². The molecule has 6 nitrogen and oxygen atoms in total. The summed E-state index contributed by atoms with van der Waals surface area (Å²) < 4.78 is 16.7. The van der Waals surface area contributed by atoms with Gasteiger partial charge < -0.3 is 19.5 Å². The van der Waals surface area contributed by atoms with E-state index in [1.54, 1.807) is 24.5 Å². The first kappa shape index (κ1) is 22.3. The van der Waals surface area contributed by atoms with E-state index in [4.69, 9.17) is 14.2 Å². The molecule has 1 N–H and O–H groups in total. The van der Waals surface area contributed by atoms with Crippen LogP contribution in [0.25, 0.3) is 0 Å². The third kappa shape index (κ3) is 5.88. The Hall–Kier alpha value is -2.87. The molecule has 1 amide bonds. The molecule has 1 atom stereocenters. The molecule has 168 valence electrons. The van der Waals surface area contributed by atoms with Gasteiger partial charge in [-0.2, -0.15) is 0 Å². The van der Waals surface area contributed by atoms with E-state index >= 15 is 0 Å². The van der Waals surface area contributed by atoms with Crippen LogP contribution in [0.5, 0.6) is 11.5 Å². The van der Waals surface area contributed by atoms with Crippen molar-refractivity contribution < 1.29 is 19.0 Å². The van der Waals surface area contributed by atoms with E-state index in [1.165, 1.54) is 0 Å². The SMILES string of the molecule is COc1ccc(C(CNC(=O)c2cccc(OCc3cccs3)c2)N2CCOCC2)cc1. The van der Waals surface area contributed by atoms with E-state index in [0.717, 1.165) is 29.3 Å². The highest BCUT2D eigenvalue weighted by Crippen LogP contribution is 2.24. The Balaban J connectivity index is 1.41. The molecular formula is C25H28N2O4S. The van der Waals surface area contributed by atoms with Crippen molar-refractivity contribution in [3.8, 4) is 11.5 Å². The molecule has 1 fully saturated rings. The van der Waals surface area contributed by atoms with E-state index in [0.29, 0.717) is 37.7 Å². The van der Waals surface area contributed by atoms with Gasteiger partial charge in [0.25, 0.3) is 5.91 Å². The molecule has 7 heteroatoms. The first-order valence-electron chi connectivity index (χ1n) is 10.7. The maximum absolute atomic E-state index is 12.9. The van der Waals surface area contributed by atoms with Gasteiger partial charge >= 0.3 is 0 Å². The van der Waals surface area contributed by atoms with Crippen LogP contribution in [-0.2, 0) is 11.3 Å². The monoisotopic (exact) mass is 452 g/mol. The van der Waals surface area contributed by atoms with Crippen molar-refractivity contribution in [3.63, 3.8) is 0 Å². The lowest BCUT2D eigenvalue weighted by Gasteiger charge is -2.35. The average molecular weight is 453 g/mol. The summed E-state index contributed by atoms with van der Waals surface area (Å²) in [5.74, 6) is 1.39. The number of thiophene rings is 1. The van der Waals surface area contributed by atoms with Crippen LogP contribution in [0.2, 0.25) is 0 Å². The summed E-state index contributed by atoms with van der Waals surface area (Å²) in [6.45, 7) is 4.07. The molecule has 1 aliphatic rings. The first-order valence-corrected chi connectivity index (χ1v) is 11.6. The van der Waals surface area contributed by atoms with Crippen LogP contribution in [0.15, 0.2) is 66.0 Å². The smallest absolute Gasteiger partial charge is 0.251 e. The number of hydrogen-bond acceptors (Lipinski definition) is 6. The number of carbonyl (C=O) groups excluding carboxylic acids is 1. The topological polar surface area (TPSA) is 60.0 Å². The summed E-state index contributed by atoms with van der Waals surface area (Å²) >= 11 is 1.65. The first-order chi connectivity index (χ1) is 15.7. The molecule has 1 aliphatic heterocycles. The number of benzene rings is 2. The lowest BCUT2D eigenvalue weighted by atomic mass is 10.0. The van der Waals surface area contributed by atoms with Crippen molar-refractivity contribution >= 4 is 17.2 Å². The summed E-state index contributed by atoms with van der Waals surface area (Å²) in [6.07, 6.45) is 0. The van der Waals surface area contributed by atoms with Gasteiger partial charge in [-0.3, -0.25) is 9.69 Å². The fraction of sp³-hybridized carbons (Fsp3) is 0.320. The largest absolute Gasteiger partial charge is 0.497 e. The van der Waals surface area contributed by atoms with Crippen molar-refractivity contribution in [2.45, 2.75) is 12.6 Å². The van der Waals surface area contributed by atoms with Crippen molar-refractivity contribution in [1.82, 2.24) is 10.2 Å². The van der Waals surface area contributed by atoms with Crippen LogP contribution < -0.4 is 14.8 Å². The number of methoxy groups -OCH3 is 1. The second-order valence-corrected chi connectivity index (χ2v) is 8.58. The number of ether oxygens (including phenoxy) is 3. The highest BCUT2D eigenvalue weighted by molar-refractivity contribution is 7.09. The van der Waals surface area contributed by atoms with Crippen molar-refractivity contribution in [2.75, 3.05) is 40.0 Å². The lowest BCUT2D eigenvalue weighted by Crippen LogP contribution is -2.43. The van der Waals surface area contributed by atoms with Crippen molar-refractivity contribution in [1.29, 1.82) is 0 Å². The van der Waals surface area contributed by atoms with Crippen LogP contribution in [-0.4, -0.2) is 50.8 Å². The van der Waals surface area contributed by atoms with Crippen LogP contribution in [0.3, 0.4) is 0 Å². The molecule has 1 saturated heterocycles. The molecule has 2 aromatic carbocycles. The van der Waals surface area contributed by atoms with Gasteiger partial charge in [0.15, 0.2) is 0 Å². The molecule has 32 heavy (non-hydrogen) atoms. The second-order valence-electron chi connectivity index (χ2n) is 7.54. The third-order valence-corrected chi connectivity index (χ3v) is 6.35. The highest BCUT2D eigenvalue weighted by Gasteiger charge is 2.23. The zero-order valence-electron chi connectivity index (χ0n) is 18.2. The molecular weight excluding hydrogens is 424 g/mol. The predicted octanol–water partition coefficient (Wildman–Crippen LogP) is 4.14. The van der Waals surface area contributed by atoms with Crippen LogP contribution >= 0.6 is 11.3 Å². The molecule has 3 aromatic rings. The van der Waals surface area contributed by atoms with Gasteiger partial charge in [-0.05, 0) is 47.3 Å². The van der Waals surface area contributed by atoms with E-state index in [2.05, 4.69) is 22.3 Å². The van der Waals surface area contributed by atoms with Crippen molar-refractivity contribution in [3.05, 3.63) is 82.0 Å². The Morgan fingerprint density at radius 2 is 1.91 bits per heavy atom. The lowest BCUT2D eigenvalue weighted by molar-refractivity contribution is 0.0162.